The standard InChI is InChI=1S/C5H12.C4H8O.C3H7N.C3H6O/c1-5(2,3)4;1-4(2)5-3;2*1-3(2)4/h1-4H3;1H2,2-3H3;1,4H2,2H3;1-2H3. The van der Waals surface area contributed by atoms with E-state index in [0.717, 1.165) is 5.76 Å². The highest BCUT2D eigenvalue weighted by atomic mass is 16.5. The highest BCUT2D eigenvalue weighted by Crippen LogP contribution is 2.08. The fourth-order valence-corrected chi connectivity index (χ4v) is 0. The summed E-state index contributed by atoms with van der Waals surface area (Å²) in [5, 5.41) is 0. The second-order valence-electron chi connectivity index (χ2n) is 5.66. The van der Waals surface area contributed by atoms with E-state index in [9.17, 15) is 4.79 Å². The lowest BCUT2D eigenvalue weighted by Gasteiger charge is -2.05. The molecular weight excluding hydrogens is 226 g/mol. The number of allylic oxidation sites excluding steroid dienone is 2. The SMILES string of the molecule is C=C(C)N.C=C(C)OC.CC(C)(C)C.CC(C)=O. The number of methoxy groups -OCH3 is 1. The van der Waals surface area contributed by atoms with Crippen LogP contribution in [0.25, 0.3) is 0 Å². The van der Waals surface area contributed by atoms with Gasteiger partial charge in [0.05, 0.1) is 12.9 Å². The van der Waals surface area contributed by atoms with Crippen molar-refractivity contribution in [1.82, 2.24) is 0 Å². The van der Waals surface area contributed by atoms with Crippen molar-refractivity contribution >= 4 is 5.78 Å². The maximum Gasteiger partial charge on any atom is 0.126 e. The zero-order valence-electron chi connectivity index (χ0n) is 13.8. The highest BCUT2D eigenvalue weighted by Gasteiger charge is 1.95. The van der Waals surface area contributed by atoms with E-state index in [1.807, 2.05) is 0 Å². The number of ether oxygens (including phenoxy) is 1. The minimum absolute atomic E-state index is 0.167. The number of carbonyl (C=O) groups is 1. The topological polar surface area (TPSA) is 52.3 Å². The van der Waals surface area contributed by atoms with Crippen molar-refractivity contribution in [3.05, 3.63) is 24.6 Å². The number of carbonyl (C=O) groups excluding carboxylic acids is 1. The normalized spacial score (nSPS) is 8.06. The van der Waals surface area contributed by atoms with Gasteiger partial charge in [-0.2, -0.15) is 0 Å². The molecule has 3 heteroatoms. The molecule has 0 heterocycles. The van der Waals surface area contributed by atoms with Gasteiger partial charge in [-0.05, 0) is 38.8 Å². The van der Waals surface area contributed by atoms with Crippen LogP contribution in [0.3, 0.4) is 0 Å². The van der Waals surface area contributed by atoms with Crippen LogP contribution in [0, 0.1) is 5.41 Å². The van der Waals surface area contributed by atoms with Crippen molar-refractivity contribution in [3.63, 3.8) is 0 Å². The molecular formula is C15H33NO2. The Morgan fingerprint density at radius 2 is 1.06 bits per heavy atom. The first-order valence-electron chi connectivity index (χ1n) is 5.81. The summed E-state index contributed by atoms with van der Waals surface area (Å²) < 4.78 is 4.56. The van der Waals surface area contributed by atoms with E-state index in [4.69, 9.17) is 5.73 Å². The van der Waals surface area contributed by atoms with Crippen LogP contribution in [0.5, 0.6) is 0 Å². The maximum absolute atomic E-state index is 9.44. The molecule has 0 aromatic rings. The Balaban J connectivity index is -0.0000000731. The van der Waals surface area contributed by atoms with E-state index >= 15 is 0 Å². The number of hydrogen-bond acceptors (Lipinski definition) is 3. The Labute approximate surface area is 114 Å². The number of Topliss-reactive ketones (excluding diaryl/α,β-unsaturated/α-hetero) is 1. The third-order valence-electron chi connectivity index (χ3n) is 0.348. The monoisotopic (exact) mass is 259 g/mol. The van der Waals surface area contributed by atoms with Gasteiger partial charge in [-0.15, -0.1) is 0 Å². The van der Waals surface area contributed by atoms with Crippen molar-refractivity contribution in [2.24, 2.45) is 11.1 Å². The van der Waals surface area contributed by atoms with Crippen LogP contribution in [-0.2, 0) is 9.53 Å². The molecule has 18 heavy (non-hydrogen) atoms. The summed E-state index contributed by atoms with van der Waals surface area (Å²) in [4.78, 5) is 9.44. The van der Waals surface area contributed by atoms with Gasteiger partial charge >= 0.3 is 0 Å². The minimum Gasteiger partial charge on any atom is -0.502 e. The van der Waals surface area contributed by atoms with Crippen molar-refractivity contribution < 1.29 is 9.53 Å². The van der Waals surface area contributed by atoms with Gasteiger partial charge in [-0.3, -0.25) is 0 Å². The first-order chi connectivity index (χ1) is 7.73. The largest absolute Gasteiger partial charge is 0.502 e. The third-order valence-corrected chi connectivity index (χ3v) is 0.348. The predicted molar refractivity (Wildman–Crippen MR) is 82.3 cm³/mol. The molecule has 0 aliphatic heterocycles. The molecule has 0 unspecified atom stereocenters. The summed E-state index contributed by atoms with van der Waals surface area (Å²) in [6.45, 7) is 22.1. The first kappa shape index (κ1) is 25.6. The van der Waals surface area contributed by atoms with Gasteiger partial charge in [0.1, 0.15) is 5.78 Å². The van der Waals surface area contributed by atoms with Crippen LogP contribution < -0.4 is 5.73 Å². The van der Waals surface area contributed by atoms with E-state index < -0.39 is 0 Å². The van der Waals surface area contributed by atoms with Gasteiger partial charge in [-0.1, -0.05) is 40.9 Å². The smallest absolute Gasteiger partial charge is 0.126 e. The van der Waals surface area contributed by atoms with Crippen molar-refractivity contribution in [2.45, 2.75) is 55.4 Å². The molecule has 0 spiro atoms. The van der Waals surface area contributed by atoms with E-state index in [1.54, 1.807) is 21.0 Å². The van der Waals surface area contributed by atoms with Crippen LogP contribution in [0.15, 0.2) is 24.6 Å². The highest BCUT2D eigenvalue weighted by molar-refractivity contribution is 5.72. The molecule has 0 aromatic carbocycles. The van der Waals surface area contributed by atoms with Gasteiger partial charge in [0.25, 0.3) is 0 Å². The summed E-state index contributed by atoms with van der Waals surface area (Å²) >= 11 is 0. The number of nitrogens with two attached hydrogens (primary N) is 1. The molecule has 0 aromatic heterocycles. The number of hydrogen-bond donors (Lipinski definition) is 1. The van der Waals surface area contributed by atoms with Crippen molar-refractivity contribution in [2.75, 3.05) is 7.11 Å². The first-order valence-corrected chi connectivity index (χ1v) is 5.81. The van der Waals surface area contributed by atoms with E-state index in [0.29, 0.717) is 11.1 Å². The molecule has 0 amide bonds. The van der Waals surface area contributed by atoms with Gasteiger partial charge in [0.2, 0.25) is 0 Å². The maximum atomic E-state index is 9.44. The zero-order valence-corrected chi connectivity index (χ0v) is 13.8. The second-order valence-corrected chi connectivity index (χ2v) is 5.66. The van der Waals surface area contributed by atoms with Crippen LogP contribution in [0.2, 0.25) is 0 Å². The molecule has 0 radical (unpaired) electrons. The average Bonchev–Trinajstić information content (AvgIpc) is 1.98. The molecule has 0 atom stereocenters. The lowest BCUT2D eigenvalue weighted by atomic mass is 10.0. The average molecular weight is 259 g/mol. The second kappa shape index (κ2) is 15.8. The van der Waals surface area contributed by atoms with Crippen LogP contribution in [0.4, 0.5) is 0 Å². The van der Waals surface area contributed by atoms with Gasteiger partial charge in [-0.25, -0.2) is 0 Å². The fraction of sp³-hybridized carbons (Fsp3) is 0.667. The van der Waals surface area contributed by atoms with Crippen LogP contribution >= 0.6 is 0 Å². The fourth-order valence-electron chi connectivity index (χ4n) is 0. The Bertz CT molecular complexity index is 199. The Morgan fingerprint density at radius 1 is 1.00 bits per heavy atom. The molecule has 0 aliphatic rings. The molecule has 110 valence electrons. The molecule has 0 bridgehead atoms. The van der Waals surface area contributed by atoms with Crippen LogP contribution in [0.1, 0.15) is 55.4 Å². The Morgan fingerprint density at radius 3 is 1.06 bits per heavy atom. The number of ketones is 1. The van der Waals surface area contributed by atoms with Crippen molar-refractivity contribution in [1.29, 1.82) is 0 Å². The predicted octanol–water partition coefficient (Wildman–Crippen LogP) is 4.29. The lowest BCUT2D eigenvalue weighted by molar-refractivity contribution is -0.114. The van der Waals surface area contributed by atoms with Gasteiger partial charge in [0, 0.05) is 0 Å². The zero-order chi connectivity index (χ0) is 15.9. The molecule has 0 rings (SSSR count). The van der Waals surface area contributed by atoms with Gasteiger partial charge < -0.3 is 15.3 Å². The quantitative estimate of drug-likeness (QED) is 0.715. The van der Waals surface area contributed by atoms with Crippen LogP contribution in [-0.4, -0.2) is 12.9 Å². The molecule has 0 fully saturated rings. The molecule has 0 saturated heterocycles. The van der Waals surface area contributed by atoms with Gasteiger partial charge in [0.15, 0.2) is 0 Å². The molecule has 2 N–H and O–H groups in total. The Kier molecular flexibility index (Phi) is 22.4. The van der Waals surface area contributed by atoms with E-state index in [1.165, 1.54) is 13.8 Å². The van der Waals surface area contributed by atoms with Crippen molar-refractivity contribution in [3.8, 4) is 0 Å². The Hall–Kier alpha value is -1.25. The van der Waals surface area contributed by atoms with E-state index in [2.05, 4.69) is 45.6 Å². The lowest BCUT2D eigenvalue weighted by Crippen LogP contribution is -1.93. The minimum atomic E-state index is 0.167. The summed E-state index contributed by atoms with van der Waals surface area (Å²) in [5.74, 6) is 0.921. The summed E-state index contributed by atoms with van der Waals surface area (Å²) in [6.07, 6.45) is 0. The summed E-state index contributed by atoms with van der Waals surface area (Å²) in [6, 6.07) is 0. The molecule has 0 aliphatic carbocycles. The third kappa shape index (κ3) is 4960. The molecule has 3 nitrogen and oxygen atoms in total. The summed E-state index contributed by atoms with van der Waals surface area (Å²) in [5.41, 5.74) is 6.08. The van der Waals surface area contributed by atoms with E-state index in [-0.39, 0.29) is 5.78 Å². The number of rotatable bonds is 1. The summed E-state index contributed by atoms with van der Waals surface area (Å²) in [7, 11) is 1.60. The molecule has 0 saturated carbocycles.